The fourth-order valence-electron chi connectivity index (χ4n) is 2.26. The van der Waals surface area contributed by atoms with Crippen LogP contribution in [-0.4, -0.2) is 27.8 Å². The number of benzene rings is 1. The lowest BCUT2D eigenvalue weighted by atomic mass is 10.2. The third kappa shape index (κ3) is 2.46. The normalized spacial score (nSPS) is 16.6. The van der Waals surface area contributed by atoms with E-state index in [0.717, 1.165) is 29.3 Å². The van der Waals surface area contributed by atoms with Gasteiger partial charge in [0.25, 0.3) is 0 Å². The molecule has 20 heavy (non-hydrogen) atoms. The van der Waals surface area contributed by atoms with Gasteiger partial charge in [-0.25, -0.2) is 4.68 Å². The van der Waals surface area contributed by atoms with Crippen molar-refractivity contribution in [1.29, 1.82) is 0 Å². The minimum absolute atomic E-state index is 0.305. The summed E-state index contributed by atoms with van der Waals surface area (Å²) in [6.07, 6.45) is 4.55. The maximum Gasteiger partial charge on any atom is 0.231 e. The molecule has 0 unspecified atom stereocenters. The van der Waals surface area contributed by atoms with E-state index in [1.807, 2.05) is 29.1 Å². The lowest BCUT2D eigenvalue weighted by Gasteiger charge is -2.02. The second-order valence-corrected chi connectivity index (χ2v) is 5.25. The van der Waals surface area contributed by atoms with Gasteiger partial charge in [0.1, 0.15) is 0 Å². The summed E-state index contributed by atoms with van der Waals surface area (Å²) in [5.41, 5.74) is 2.11. The first-order valence-corrected chi connectivity index (χ1v) is 6.88. The molecule has 0 amide bonds. The highest BCUT2D eigenvalue weighted by Crippen LogP contribution is 2.32. The molecule has 1 aliphatic heterocycles. The van der Waals surface area contributed by atoms with E-state index in [2.05, 4.69) is 15.6 Å². The minimum atomic E-state index is 0.305. The maximum absolute atomic E-state index is 5.38. The van der Waals surface area contributed by atoms with E-state index < -0.39 is 0 Å². The number of aromatic nitrogens is 3. The molecule has 1 aromatic heterocycles. The van der Waals surface area contributed by atoms with E-state index in [1.54, 1.807) is 0 Å². The maximum atomic E-state index is 5.38. The number of ether oxygens (including phenoxy) is 2. The first-order valence-electron chi connectivity index (χ1n) is 6.88. The quantitative estimate of drug-likeness (QED) is 0.889. The lowest BCUT2D eigenvalue weighted by molar-refractivity contribution is 0.174. The molecule has 1 fully saturated rings. The summed E-state index contributed by atoms with van der Waals surface area (Å²) >= 11 is 0. The van der Waals surface area contributed by atoms with Crippen molar-refractivity contribution in [3.63, 3.8) is 0 Å². The van der Waals surface area contributed by atoms with Crippen LogP contribution in [0.25, 0.3) is 0 Å². The van der Waals surface area contributed by atoms with Crippen molar-refractivity contribution in [3.8, 4) is 11.5 Å². The summed E-state index contributed by atoms with van der Waals surface area (Å²) in [6.45, 7) is 1.79. The molecule has 0 spiro atoms. The SMILES string of the molecule is c1cc2c(cc1Cn1cc(CNC3CC3)nn1)OCO2. The van der Waals surface area contributed by atoms with Gasteiger partial charge in [-0.05, 0) is 30.5 Å². The Morgan fingerprint density at radius 3 is 3.05 bits per heavy atom. The Bertz CT molecular complexity index is 621. The molecule has 0 atom stereocenters. The smallest absolute Gasteiger partial charge is 0.231 e. The van der Waals surface area contributed by atoms with Crippen LogP contribution in [0.4, 0.5) is 0 Å². The molecular weight excluding hydrogens is 256 g/mol. The van der Waals surface area contributed by atoms with E-state index in [1.165, 1.54) is 12.8 Å². The summed E-state index contributed by atoms with van der Waals surface area (Å²) in [5.74, 6) is 1.61. The largest absolute Gasteiger partial charge is 0.454 e. The van der Waals surface area contributed by atoms with Gasteiger partial charge in [0, 0.05) is 12.6 Å². The van der Waals surface area contributed by atoms with Crippen LogP contribution in [0.2, 0.25) is 0 Å². The van der Waals surface area contributed by atoms with Crippen LogP contribution in [0.3, 0.4) is 0 Å². The molecule has 1 saturated carbocycles. The Labute approximate surface area is 116 Å². The Morgan fingerprint density at radius 1 is 1.25 bits per heavy atom. The first kappa shape index (κ1) is 11.7. The average Bonchev–Trinajstić information content (AvgIpc) is 2.99. The molecule has 1 aromatic carbocycles. The van der Waals surface area contributed by atoms with Crippen LogP contribution in [0, 0.1) is 0 Å². The second kappa shape index (κ2) is 4.79. The number of fused-ring (bicyclic) bond motifs is 1. The van der Waals surface area contributed by atoms with Gasteiger partial charge in [-0.2, -0.15) is 0 Å². The zero-order valence-corrected chi connectivity index (χ0v) is 11.1. The number of nitrogens with one attached hydrogen (secondary N) is 1. The van der Waals surface area contributed by atoms with Crippen molar-refractivity contribution in [1.82, 2.24) is 20.3 Å². The number of hydrogen-bond acceptors (Lipinski definition) is 5. The summed E-state index contributed by atoms with van der Waals surface area (Å²) in [4.78, 5) is 0. The van der Waals surface area contributed by atoms with Crippen LogP contribution in [-0.2, 0) is 13.1 Å². The van der Waals surface area contributed by atoms with E-state index >= 15 is 0 Å². The topological polar surface area (TPSA) is 61.2 Å². The van der Waals surface area contributed by atoms with Gasteiger partial charge in [-0.1, -0.05) is 11.3 Å². The highest BCUT2D eigenvalue weighted by molar-refractivity contribution is 5.44. The fourth-order valence-corrected chi connectivity index (χ4v) is 2.26. The predicted octanol–water partition coefficient (Wildman–Crippen LogP) is 1.31. The van der Waals surface area contributed by atoms with Crippen molar-refractivity contribution >= 4 is 0 Å². The summed E-state index contributed by atoms with van der Waals surface area (Å²) in [5, 5.41) is 11.8. The molecule has 1 aliphatic carbocycles. The molecule has 4 rings (SSSR count). The molecule has 0 radical (unpaired) electrons. The van der Waals surface area contributed by atoms with Gasteiger partial charge in [0.05, 0.1) is 18.4 Å². The molecule has 6 heteroatoms. The molecule has 0 saturated heterocycles. The van der Waals surface area contributed by atoms with Gasteiger partial charge in [-0.15, -0.1) is 5.10 Å². The van der Waals surface area contributed by atoms with Crippen molar-refractivity contribution < 1.29 is 9.47 Å². The van der Waals surface area contributed by atoms with Crippen molar-refractivity contribution in [2.24, 2.45) is 0 Å². The zero-order chi connectivity index (χ0) is 13.4. The molecular formula is C14H16N4O2. The molecule has 6 nitrogen and oxygen atoms in total. The molecule has 104 valence electrons. The van der Waals surface area contributed by atoms with Gasteiger partial charge in [-0.3, -0.25) is 0 Å². The summed E-state index contributed by atoms with van der Waals surface area (Å²) in [7, 11) is 0. The van der Waals surface area contributed by atoms with Crippen LogP contribution >= 0.6 is 0 Å². The van der Waals surface area contributed by atoms with Crippen LogP contribution in [0.15, 0.2) is 24.4 Å². The zero-order valence-electron chi connectivity index (χ0n) is 11.1. The molecule has 2 aromatic rings. The Balaban J connectivity index is 1.42. The van der Waals surface area contributed by atoms with Gasteiger partial charge in [0.15, 0.2) is 11.5 Å². The number of rotatable bonds is 5. The van der Waals surface area contributed by atoms with Crippen molar-refractivity contribution in [2.75, 3.05) is 6.79 Å². The molecule has 0 bridgehead atoms. The highest BCUT2D eigenvalue weighted by atomic mass is 16.7. The second-order valence-electron chi connectivity index (χ2n) is 5.25. The summed E-state index contributed by atoms with van der Waals surface area (Å²) in [6, 6.07) is 6.64. The highest BCUT2D eigenvalue weighted by Gasteiger charge is 2.20. The third-order valence-corrected chi connectivity index (χ3v) is 3.52. The Hall–Kier alpha value is -2.08. The van der Waals surface area contributed by atoms with Crippen molar-refractivity contribution in [3.05, 3.63) is 35.7 Å². The van der Waals surface area contributed by atoms with E-state index in [9.17, 15) is 0 Å². The first-order chi connectivity index (χ1) is 9.87. The van der Waals surface area contributed by atoms with E-state index in [4.69, 9.17) is 9.47 Å². The van der Waals surface area contributed by atoms with Crippen molar-refractivity contribution in [2.45, 2.75) is 32.0 Å². The van der Waals surface area contributed by atoms with Crippen LogP contribution < -0.4 is 14.8 Å². The monoisotopic (exact) mass is 272 g/mol. The Kier molecular flexibility index (Phi) is 2.81. The van der Waals surface area contributed by atoms with E-state index in [-0.39, 0.29) is 0 Å². The average molecular weight is 272 g/mol. The number of hydrogen-bond donors (Lipinski definition) is 1. The standard InChI is InChI=1S/C14H16N4O2/c1-4-13-14(20-9-19-13)5-10(1)7-18-8-12(16-17-18)6-15-11-2-3-11/h1,4-5,8,11,15H,2-3,6-7,9H2. The Morgan fingerprint density at radius 2 is 2.15 bits per heavy atom. The predicted molar refractivity (Wildman–Crippen MR) is 71.6 cm³/mol. The molecule has 1 N–H and O–H groups in total. The van der Waals surface area contributed by atoms with E-state index in [0.29, 0.717) is 19.4 Å². The lowest BCUT2D eigenvalue weighted by Crippen LogP contribution is -2.15. The van der Waals surface area contributed by atoms with Gasteiger partial charge in [0.2, 0.25) is 6.79 Å². The van der Waals surface area contributed by atoms with Crippen LogP contribution in [0.5, 0.6) is 11.5 Å². The third-order valence-electron chi connectivity index (χ3n) is 3.52. The fraction of sp³-hybridized carbons (Fsp3) is 0.429. The van der Waals surface area contributed by atoms with Gasteiger partial charge >= 0.3 is 0 Å². The number of nitrogens with zero attached hydrogens (tertiary/aromatic N) is 3. The molecule has 2 heterocycles. The summed E-state index contributed by atoms with van der Waals surface area (Å²) < 4.78 is 12.5. The van der Waals surface area contributed by atoms with Crippen LogP contribution in [0.1, 0.15) is 24.1 Å². The minimum Gasteiger partial charge on any atom is -0.454 e. The molecule has 2 aliphatic rings. The van der Waals surface area contributed by atoms with Gasteiger partial charge < -0.3 is 14.8 Å².